The Bertz CT molecular complexity index is 700. The molecule has 0 radical (unpaired) electrons. The number of hydrogen-bond acceptors (Lipinski definition) is 4. The van der Waals surface area contributed by atoms with E-state index in [4.69, 9.17) is 4.74 Å². The molecule has 3 rings (SSSR count). The highest BCUT2D eigenvalue weighted by molar-refractivity contribution is 7.93. The first kappa shape index (κ1) is 15.5. The van der Waals surface area contributed by atoms with Crippen molar-refractivity contribution in [3.05, 3.63) is 28.8 Å². The third-order valence-corrected chi connectivity index (χ3v) is 7.93. The third kappa shape index (κ3) is 2.35. The van der Waals surface area contributed by atoms with Gasteiger partial charge in [-0.2, -0.15) is 0 Å². The van der Waals surface area contributed by atoms with Crippen molar-refractivity contribution in [3.63, 3.8) is 0 Å². The summed E-state index contributed by atoms with van der Waals surface area (Å²) in [5.41, 5.74) is 2.54. The van der Waals surface area contributed by atoms with E-state index in [1.807, 2.05) is 26.0 Å². The summed E-state index contributed by atoms with van der Waals surface area (Å²) in [7, 11) is -1.36. The molecule has 120 valence electrons. The molecule has 0 N–H and O–H groups in total. The fourth-order valence-corrected chi connectivity index (χ4v) is 6.39. The smallest absolute Gasteiger partial charge is 0.166 e. The van der Waals surface area contributed by atoms with Crippen LogP contribution in [0.3, 0.4) is 0 Å². The number of Topliss-reactive ketones (excluding diaryl/α,β-unsaturated/α-hetero) is 1. The minimum atomic E-state index is -2.98. The molecule has 22 heavy (non-hydrogen) atoms. The molecule has 2 aliphatic heterocycles. The molecule has 0 saturated carbocycles. The van der Waals surface area contributed by atoms with Gasteiger partial charge in [0.2, 0.25) is 0 Å². The van der Waals surface area contributed by atoms with E-state index in [1.54, 1.807) is 7.11 Å². The van der Waals surface area contributed by atoms with Gasteiger partial charge < -0.3 is 4.74 Å². The maximum Gasteiger partial charge on any atom is 0.166 e. The molecule has 2 unspecified atom stereocenters. The number of methoxy groups -OCH3 is 1. The van der Waals surface area contributed by atoms with Gasteiger partial charge in [0.25, 0.3) is 0 Å². The van der Waals surface area contributed by atoms with Crippen LogP contribution in [0.5, 0.6) is 5.75 Å². The van der Waals surface area contributed by atoms with Crippen LogP contribution in [0.25, 0.3) is 0 Å². The zero-order valence-corrected chi connectivity index (χ0v) is 14.1. The van der Waals surface area contributed by atoms with Crippen LogP contribution in [-0.2, 0) is 9.84 Å². The molecular weight excluding hydrogens is 300 g/mol. The van der Waals surface area contributed by atoms with Crippen molar-refractivity contribution in [2.75, 3.05) is 7.11 Å². The van der Waals surface area contributed by atoms with Gasteiger partial charge in [0.15, 0.2) is 15.6 Å². The Morgan fingerprint density at radius 3 is 2.23 bits per heavy atom. The molecule has 2 aliphatic rings. The zero-order valence-electron chi connectivity index (χ0n) is 13.3. The molecule has 2 atom stereocenters. The van der Waals surface area contributed by atoms with E-state index in [0.29, 0.717) is 18.4 Å². The van der Waals surface area contributed by atoms with Crippen molar-refractivity contribution >= 4 is 15.6 Å². The van der Waals surface area contributed by atoms with Crippen LogP contribution in [0, 0.1) is 19.8 Å². The molecule has 1 aromatic carbocycles. The molecule has 2 fully saturated rings. The molecule has 1 aromatic rings. The SMILES string of the molecule is COc1cc(C)c(C(=O)C2CC3CCC(C2)S3(=O)=O)cc1C. The Morgan fingerprint density at radius 2 is 1.68 bits per heavy atom. The summed E-state index contributed by atoms with van der Waals surface area (Å²) in [5, 5.41) is -0.611. The highest BCUT2D eigenvalue weighted by atomic mass is 32.2. The topological polar surface area (TPSA) is 60.4 Å². The molecule has 0 spiro atoms. The van der Waals surface area contributed by atoms with Crippen LogP contribution >= 0.6 is 0 Å². The third-order valence-electron chi connectivity index (χ3n) is 5.21. The second-order valence-electron chi connectivity index (χ2n) is 6.58. The first-order valence-electron chi connectivity index (χ1n) is 7.76. The number of ketones is 1. The molecule has 4 nitrogen and oxygen atoms in total. The van der Waals surface area contributed by atoms with Crippen molar-refractivity contribution in [1.82, 2.24) is 0 Å². The van der Waals surface area contributed by atoms with E-state index in [-0.39, 0.29) is 22.2 Å². The van der Waals surface area contributed by atoms with Gasteiger partial charge in [-0.25, -0.2) is 8.42 Å². The van der Waals surface area contributed by atoms with Gasteiger partial charge in [0.05, 0.1) is 17.6 Å². The fourth-order valence-electron chi connectivity index (χ4n) is 3.92. The number of rotatable bonds is 3. The van der Waals surface area contributed by atoms with Crippen molar-refractivity contribution in [3.8, 4) is 5.75 Å². The molecule has 0 amide bonds. The van der Waals surface area contributed by atoms with E-state index in [9.17, 15) is 13.2 Å². The highest BCUT2D eigenvalue weighted by Gasteiger charge is 2.48. The molecule has 2 saturated heterocycles. The number of hydrogen-bond donors (Lipinski definition) is 0. The zero-order chi connectivity index (χ0) is 16.1. The average molecular weight is 322 g/mol. The van der Waals surface area contributed by atoms with Crippen LogP contribution in [0.1, 0.15) is 47.2 Å². The Morgan fingerprint density at radius 1 is 1.09 bits per heavy atom. The lowest BCUT2D eigenvalue weighted by Gasteiger charge is -2.27. The lowest BCUT2D eigenvalue weighted by atomic mass is 9.88. The van der Waals surface area contributed by atoms with Crippen LogP contribution in [0.2, 0.25) is 0 Å². The first-order valence-corrected chi connectivity index (χ1v) is 9.37. The molecule has 5 heteroatoms. The second kappa shape index (κ2) is 5.37. The maximum atomic E-state index is 12.9. The summed E-state index contributed by atoms with van der Waals surface area (Å²) < 4.78 is 29.6. The van der Waals surface area contributed by atoms with Gasteiger partial charge in [-0.05, 0) is 62.8 Å². The Kier molecular flexibility index (Phi) is 3.79. The van der Waals surface area contributed by atoms with Crippen molar-refractivity contribution in [2.45, 2.75) is 50.0 Å². The molecule has 2 bridgehead atoms. The van der Waals surface area contributed by atoms with Crippen molar-refractivity contribution in [1.29, 1.82) is 0 Å². The molecule has 0 aromatic heterocycles. The molecule has 2 heterocycles. The van der Waals surface area contributed by atoms with Crippen LogP contribution in [0.4, 0.5) is 0 Å². The van der Waals surface area contributed by atoms with Gasteiger partial charge in [0.1, 0.15) is 5.75 Å². The second-order valence-corrected chi connectivity index (χ2v) is 9.09. The summed E-state index contributed by atoms with van der Waals surface area (Å²) >= 11 is 0. The van der Waals surface area contributed by atoms with E-state index in [0.717, 1.165) is 29.7 Å². The van der Waals surface area contributed by atoms with Gasteiger partial charge in [-0.15, -0.1) is 0 Å². The van der Waals surface area contributed by atoms with Gasteiger partial charge in [0, 0.05) is 11.5 Å². The summed E-state index contributed by atoms with van der Waals surface area (Å²) in [6.07, 6.45) is 2.42. The number of carbonyl (C=O) groups is 1. The molecule has 0 aliphatic carbocycles. The van der Waals surface area contributed by atoms with Gasteiger partial charge in [-0.3, -0.25) is 4.79 Å². The van der Waals surface area contributed by atoms with E-state index in [2.05, 4.69) is 0 Å². The quantitative estimate of drug-likeness (QED) is 0.803. The van der Waals surface area contributed by atoms with Gasteiger partial charge >= 0.3 is 0 Å². The number of carbonyl (C=O) groups excluding carboxylic acids is 1. The summed E-state index contributed by atoms with van der Waals surface area (Å²) in [6.45, 7) is 3.83. The summed E-state index contributed by atoms with van der Waals surface area (Å²) in [5.74, 6) is 0.711. The Balaban J connectivity index is 1.89. The lowest BCUT2D eigenvalue weighted by Crippen LogP contribution is -2.36. The Hall–Kier alpha value is -1.36. The number of fused-ring (bicyclic) bond motifs is 2. The van der Waals surface area contributed by atoms with Gasteiger partial charge in [-0.1, -0.05) is 0 Å². The Labute approximate surface area is 131 Å². The fraction of sp³-hybridized carbons (Fsp3) is 0.588. The monoisotopic (exact) mass is 322 g/mol. The number of ether oxygens (including phenoxy) is 1. The molecular formula is C17H22O4S. The van der Waals surface area contributed by atoms with Crippen molar-refractivity contribution in [2.24, 2.45) is 5.92 Å². The summed E-state index contributed by atoms with van der Waals surface area (Å²) in [6, 6.07) is 3.76. The number of sulfone groups is 1. The normalized spacial score (nSPS) is 29.3. The van der Waals surface area contributed by atoms with Crippen LogP contribution in [0.15, 0.2) is 12.1 Å². The minimum Gasteiger partial charge on any atom is -0.496 e. The van der Waals surface area contributed by atoms with Crippen LogP contribution in [-0.4, -0.2) is 31.8 Å². The predicted molar refractivity (Wildman–Crippen MR) is 85.3 cm³/mol. The van der Waals surface area contributed by atoms with E-state index < -0.39 is 9.84 Å². The summed E-state index contributed by atoms with van der Waals surface area (Å²) in [4.78, 5) is 12.9. The first-order chi connectivity index (χ1) is 10.3. The predicted octanol–water partition coefficient (Wildman–Crippen LogP) is 2.85. The van der Waals surface area contributed by atoms with E-state index in [1.165, 1.54) is 0 Å². The van der Waals surface area contributed by atoms with Crippen molar-refractivity contribution < 1.29 is 17.9 Å². The number of benzene rings is 1. The maximum absolute atomic E-state index is 12.9. The standard InChI is InChI=1S/C17H22O4S/c1-10-7-16(21-3)11(2)6-15(10)17(18)12-8-13-4-5-14(9-12)22(13,19)20/h6-7,12-14H,4-5,8-9H2,1-3H3. The van der Waals surface area contributed by atoms with E-state index >= 15 is 0 Å². The number of aryl methyl sites for hydroxylation is 2. The highest BCUT2D eigenvalue weighted by Crippen LogP contribution is 2.42. The largest absolute Gasteiger partial charge is 0.496 e. The minimum absolute atomic E-state index is 0.0926. The average Bonchev–Trinajstić information content (AvgIpc) is 2.68. The van der Waals surface area contributed by atoms with Crippen LogP contribution < -0.4 is 4.74 Å². The lowest BCUT2D eigenvalue weighted by molar-refractivity contribution is 0.0904.